The predicted octanol–water partition coefficient (Wildman–Crippen LogP) is 3.47. The van der Waals surface area contributed by atoms with Crippen LogP contribution in [-0.4, -0.2) is 70.1 Å². The van der Waals surface area contributed by atoms with Crippen molar-refractivity contribution in [1.29, 1.82) is 0 Å². The molecule has 0 bridgehead atoms. The maximum absolute atomic E-state index is 12.5. The van der Waals surface area contributed by atoms with Crippen molar-refractivity contribution >= 4 is 5.97 Å². The van der Waals surface area contributed by atoms with Crippen molar-refractivity contribution in [3.05, 3.63) is 36.0 Å². The summed E-state index contributed by atoms with van der Waals surface area (Å²) in [6, 6.07) is 0. The van der Waals surface area contributed by atoms with Gasteiger partial charge >= 0.3 is 5.97 Å². The zero-order valence-corrected chi connectivity index (χ0v) is 21.8. The molecule has 35 heavy (non-hydrogen) atoms. The Kier molecular flexibility index (Phi) is 9.75. The second kappa shape index (κ2) is 12.2. The Morgan fingerprint density at radius 3 is 2.66 bits per heavy atom. The maximum atomic E-state index is 12.5. The van der Waals surface area contributed by atoms with Crippen LogP contribution in [0.3, 0.4) is 0 Å². The molecule has 0 radical (unpaired) electrons. The molecule has 1 spiro atoms. The van der Waals surface area contributed by atoms with Crippen molar-refractivity contribution in [2.75, 3.05) is 6.61 Å². The molecule has 3 aliphatic heterocycles. The van der Waals surface area contributed by atoms with Crippen LogP contribution in [0.25, 0.3) is 0 Å². The van der Waals surface area contributed by atoms with E-state index < -0.39 is 29.9 Å². The molecule has 0 aromatic carbocycles. The summed E-state index contributed by atoms with van der Waals surface area (Å²) < 4.78 is 17.1. The molecule has 3 heterocycles. The van der Waals surface area contributed by atoms with Crippen molar-refractivity contribution in [2.45, 2.75) is 109 Å². The van der Waals surface area contributed by atoms with E-state index in [1.54, 1.807) is 6.08 Å². The van der Waals surface area contributed by atoms with Gasteiger partial charge in [0.1, 0.15) is 17.8 Å². The summed E-state index contributed by atoms with van der Waals surface area (Å²) in [5.74, 6) is -0.140. The number of allylic oxidation sites excluding steroid dienone is 3. The third-order valence-electron chi connectivity index (χ3n) is 7.71. The van der Waals surface area contributed by atoms with Gasteiger partial charge in [0.2, 0.25) is 0 Å². The number of aliphatic hydroxyl groups is 3. The quantitative estimate of drug-likeness (QED) is 0.206. The summed E-state index contributed by atoms with van der Waals surface area (Å²) in [7, 11) is 0. The first-order chi connectivity index (χ1) is 16.6. The van der Waals surface area contributed by atoms with Crippen molar-refractivity contribution in [3.8, 4) is 0 Å². The standard InChI is InChI=1S/C28H44O7/c1-6-22(30)20(5)27-23(34-27)14-17(2)8-7-9-18(3)26-19(4)10-11-24(31)28(16-33-28)13-12-21(29)15-25(32)35-26/h7-11,17,19-24,26-27,29-31H,6,12-16H2,1-5H3/b8-7+,11-10+,18-9+. The minimum Gasteiger partial charge on any atom is -0.457 e. The van der Waals surface area contributed by atoms with Gasteiger partial charge in [-0.1, -0.05) is 58.1 Å². The normalized spacial score (nSPS) is 39.9. The summed E-state index contributed by atoms with van der Waals surface area (Å²) in [6.07, 6.45) is 9.99. The van der Waals surface area contributed by atoms with Crippen LogP contribution in [0.2, 0.25) is 0 Å². The lowest BCUT2D eigenvalue weighted by atomic mass is 9.91. The van der Waals surface area contributed by atoms with Crippen molar-refractivity contribution < 1.29 is 34.3 Å². The van der Waals surface area contributed by atoms with Gasteiger partial charge in [0.25, 0.3) is 0 Å². The molecule has 10 unspecified atom stereocenters. The smallest absolute Gasteiger partial charge is 0.309 e. The van der Waals surface area contributed by atoms with Gasteiger partial charge in [-0.3, -0.25) is 4.79 Å². The predicted molar refractivity (Wildman–Crippen MR) is 134 cm³/mol. The highest BCUT2D eigenvalue weighted by atomic mass is 16.6. The van der Waals surface area contributed by atoms with Gasteiger partial charge in [0, 0.05) is 11.8 Å². The number of rotatable bonds is 8. The molecule has 10 atom stereocenters. The third kappa shape index (κ3) is 7.73. The average molecular weight is 493 g/mol. The number of carbonyl (C=O) groups is 1. The van der Waals surface area contributed by atoms with Crippen LogP contribution >= 0.6 is 0 Å². The van der Waals surface area contributed by atoms with E-state index in [0.29, 0.717) is 25.4 Å². The van der Waals surface area contributed by atoms with Crippen LogP contribution in [0.5, 0.6) is 0 Å². The lowest BCUT2D eigenvalue weighted by Crippen LogP contribution is -2.33. The van der Waals surface area contributed by atoms with Crippen LogP contribution in [0.1, 0.15) is 66.7 Å². The van der Waals surface area contributed by atoms with Crippen LogP contribution in [0, 0.1) is 17.8 Å². The average Bonchev–Trinajstić information content (AvgIpc) is 3.74. The topological polar surface area (TPSA) is 112 Å². The molecule has 3 aliphatic rings. The molecule has 2 saturated heterocycles. The number of aliphatic hydroxyl groups excluding tert-OH is 3. The summed E-state index contributed by atoms with van der Waals surface area (Å²) in [5.41, 5.74) is 0.244. The number of ether oxygens (including phenoxy) is 3. The highest BCUT2D eigenvalue weighted by molar-refractivity contribution is 5.70. The minimum absolute atomic E-state index is 0.0764. The first kappa shape index (κ1) is 28.1. The van der Waals surface area contributed by atoms with Crippen LogP contribution in [0.4, 0.5) is 0 Å². The second-order valence-corrected chi connectivity index (χ2v) is 10.8. The largest absolute Gasteiger partial charge is 0.457 e. The number of epoxide rings is 2. The van der Waals surface area contributed by atoms with Crippen LogP contribution in [0.15, 0.2) is 36.0 Å². The summed E-state index contributed by atoms with van der Waals surface area (Å²) in [5, 5.41) is 30.9. The number of hydrogen-bond donors (Lipinski definition) is 3. The molecule has 7 heteroatoms. The van der Waals surface area contributed by atoms with Gasteiger partial charge in [-0.05, 0) is 44.1 Å². The number of cyclic esters (lactones) is 1. The van der Waals surface area contributed by atoms with E-state index in [2.05, 4.69) is 13.0 Å². The Hall–Kier alpha value is -1.51. The lowest BCUT2D eigenvalue weighted by Gasteiger charge is -2.26. The molecule has 7 nitrogen and oxygen atoms in total. The molecule has 3 rings (SSSR count). The van der Waals surface area contributed by atoms with Gasteiger partial charge in [0.05, 0.1) is 37.4 Å². The van der Waals surface area contributed by atoms with Crippen molar-refractivity contribution in [1.82, 2.24) is 0 Å². The van der Waals surface area contributed by atoms with Gasteiger partial charge in [0.15, 0.2) is 0 Å². The van der Waals surface area contributed by atoms with E-state index >= 15 is 0 Å². The highest BCUT2D eigenvalue weighted by Crippen LogP contribution is 2.38. The summed E-state index contributed by atoms with van der Waals surface area (Å²) in [6.45, 7) is 10.5. The fourth-order valence-corrected chi connectivity index (χ4v) is 4.96. The maximum Gasteiger partial charge on any atom is 0.309 e. The monoisotopic (exact) mass is 492 g/mol. The summed E-state index contributed by atoms with van der Waals surface area (Å²) in [4.78, 5) is 12.5. The number of carbonyl (C=O) groups excluding carboxylic acids is 1. The molecule has 0 aromatic rings. The second-order valence-electron chi connectivity index (χ2n) is 10.8. The lowest BCUT2D eigenvalue weighted by molar-refractivity contribution is -0.151. The third-order valence-corrected chi connectivity index (χ3v) is 7.71. The zero-order valence-electron chi connectivity index (χ0n) is 21.8. The number of esters is 1. The van der Waals surface area contributed by atoms with Crippen molar-refractivity contribution in [2.24, 2.45) is 17.8 Å². The van der Waals surface area contributed by atoms with Crippen molar-refractivity contribution in [3.63, 3.8) is 0 Å². The SMILES string of the molecule is CCC(O)C(C)C1OC1CC(C)/C=C/C=C(\C)C1OC(=O)CC(O)CCC2(CO2)C(O)/C=C/C1C. The molecule has 0 aromatic heterocycles. The molecule has 198 valence electrons. The Labute approximate surface area is 209 Å². The molecular weight excluding hydrogens is 448 g/mol. The van der Waals surface area contributed by atoms with Gasteiger partial charge in [-0.15, -0.1) is 0 Å². The van der Waals surface area contributed by atoms with E-state index in [0.717, 1.165) is 18.4 Å². The highest BCUT2D eigenvalue weighted by Gasteiger charge is 2.50. The van der Waals surface area contributed by atoms with E-state index in [9.17, 15) is 20.1 Å². The molecule has 0 saturated carbocycles. The Morgan fingerprint density at radius 1 is 1.29 bits per heavy atom. The Morgan fingerprint density at radius 2 is 2.00 bits per heavy atom. The molecule has 3 N–H and O–H groups in total. The zero-order chi connectivity index (χ0) is 25.8. The Balaban J connectivity index is 1.61. The van der Waals surface area contributed by atoms with Gasteiger partial charge in [-0.2, -0.15) is 0 Å². The van der Waals surface area contributed by atoms with E-state index in [1.807, 2.05) is 45.9 Å². The fraction of sp³-hybridized carbons (Fsp3) is 0.750. The summed E-state index contributed by atoms with van der Waals surface area (Å²) >= 11 is 0. The molecule has 0 aliphatic carbocycles. The molecule has 2 fully saturated rings. The minimum atomic E-state index is -0.824. The van der Waals surface area contributed by atoms with E-state index in [-0.39, 0.29) is 36.6 Å². The van der Waals surface area contributed by atoms with E-state index in [4.69, 9.17) is 14.2 Å². The fourth-order valence-electron chi connectivity index (χ4n) is 4.96. The van der Waals surface area contributed by atoms with E-state index in [1.165, 1.54) is 0 Å². The van der Waals surface area contributed by atoms with Crippen LogP contribution in [-0.2, 0) is 19.0 Å². The number of hydrogen-bond acceptors (Lipinski definition) is 7. The first-order valence-corrected chi connectivity index (χ1v) is 13.1. The molecule has 0 amide bonds. The van der Waals surface area contributed by atoms with Crippen LogP contribution < -0.4 is 0 Å². The molecular formula is C28H44O7. The Bertz CT molecular complexity index is 799. The van der Waals surface area contributed by atoms with Gasteiger partial charge < -0.3 is 29.5 Å². The van der Waals surface area contributed by atoms with Gasteiger partial charge in [-0.25, -0.2) is 0 Å². The first-order valence-electron chi connectivity index (χ1n) is 13.1.